The van der Waals surface area contributed by atoms with E-state index in [1.807, 2.05) is 25.2 Å². The molecule has 2 atom stereocenters. The van der Waals surface area contributed by atoms with Gasteiger partial charge in [0.1, 0.15) is 0 Å². The van der Waals surface area contributed by atoms with Crippen LogP contribution in [0.15, 0.2) is 36.4 Å². The van der Waals surface area contributed by atoms with Crippen LogP contribution in [0.3, 0.4) is 0 Å². The molecule has 0 radical (unpaired) electrons. The number of benzene rings is 2. The van der Waals surface area contributed by atoms with E-state index in [0.717, 1.165) is 31.2 Å². The number of halogens is 2. The Hall–Kier alpha value is -1.55. The Kier molecular flexibility index (Phi) is 4.96. The lowest BCUT2D eigenvalue weighted by molar-refractivity contribution is 0.0951. The van der Waals surface area contributed by atoms with Crippen molar-refractivity contribution in [3.8, 4) is 0 Å². The average Bonchev–Trinajstić information content (AvgIpc) is 3.46. The quantitative estimate of drug-likeness (QED) is 0.767. The van der Waals surface area contributed by atoms with E-state index in [1.54, 1.807) is 0 Å². The summed E-state index contributed by atoms with van der Waals surface area (Å²) in [5.41, 5.74) is 4.38. The Morgan fingerprint density at radius 2 is 1.77 bits per heavy atom. The highest BCUT2D eigenvalue weighted by atomic mass is 35.5. The zero-order chi connectivity index (χ0) is 18.3. The van der Waals surface area contributed by atoms with Gasteiger partial charge in [0.25, 0.3) is 5.91 Å². The van der Waals surface area contributed by atoms with Gasteiger partial charge in [0.05, 0.1) is 10.0 Å². The van der Waals surface area contributed by atoms with Crippen molar-refractivity contribution in [2.75, 3.05) is 7.05 Å². The van der Waals surface area contributed by atoms with Crippen LogP contribution in [0, 0.1) is 0 Å². The van der Waals surface area contributed by atoms with Crippen molar-refractivity contribution < 1.29 is 4.79 Å². The highest BCUT2D eigenvalue weighted by Gasteiger charge is 2.29. The van der Waals surface area contributed by atoms with Crippen molar-refractivity contribution in [1.29, 1.82) is 0 Å². The van der Waals surface area contributed by atoms with Crippen LogP contribution in [0.25, 0.3) is 0 Å². The Labute approximate surface area is 164 Å². The van der Waals surface area contributed by atoms with E-state index >= 15 is 0 Å². The number of hydrogen-bond donors (Lipinski definition) is 2. The lowest BCUT2D eigenvalue weighted by Gasteiger charge is -2.32. The topological polar surface area (TPSA) is 41.1 Å². The Morgan fingerprint density at radius 1 is 0.962 bits per heavy atom. The van der Waals surface area contributed by atoms with Gasteiger partial charge in [0, 0.05) is 23.6 Å². The Morgan fingerprint density at radius 3 is 2.46 bits per heavy atom. The minimum atomic E-state index is 0.0295. The molecule has 2 aliphatic carbocycles. The first-order valence-corrected chi connectivity index (χ1v) is 9.89. The molecule has 26 heavy (non-hydrogen) atoms. The minimum Gasteiger partial charge on any atom is -0.349 e. The molecule has 2 aromatic carbocycles. The Balaban J connectivity index is 1.70. The minimum absolute atomic E-state index is 0.0295. The number of hydrogen-bond acceptors (Lipinski definition) is 2. The molecule has 0 unspecified atom stereocenters. The molecular formula is C21H22Cl2N2O. The van der Waals surface area contributed by atoms with Crippen LogP contribution in [0.2, 0.25) is 10.0 Å². The van der Waals surface area contributed by atoms with Crippen molar-refractivity contribution >= 4 is 29.1 Å². The third-order valence-corrected chi connectivity index (χ3v) is 6.19. The van der Waals surface area contributed by atoms with E-state index in [9.17, 15) is 4.79 Å². The maximum Gasteiger partial charge on any atom is 0.251 e. The highest BCUT2D eigenvalue weighted by molar-refractivity contribution is 6.42. The van der Waals surface area contributed by atoms with Crippen LogP contribution >= 0.6 is 23.2 Å². The number of carbonyl (C=O) groups excluding carboxylic acids is 1. The number of rotatable bonds is 4. The number of fused-ring (bicyclic) bond motifs is 1. The number of amides is 1. The summed E-state index contributed by atoms with van der Waals surface area (Å²) in [4.78, 5) is 12.4. The molecule has 5 heteroatoms. The smallest absolute Gasteiger partial charge is 0.251 e. The third kappa shape index (κ3) is 3.48. The molecule has 2 N–H and O–H groups in total. The summed E-state index contributed by atoms with van der Waals surface area (Å²) in [5, 5.41) is 7.63. The standard InChI is InChI=1S/C21H22Cl2N2O/c1-24-20-9-7-15(12-3-8-18(22)19(23)11-12)16-6-2-13(10-17(16)20)21(26)25-14-4-5-14/h2-3,6,8,10-11,14-15,20,24H,4-5,7,9H2,1H3,(H,25,26)/t15-,20-/m0/s1. The highest BCUT2D eigenvalue weighted by Crippen LogP contribution is 2.42. The lowest BCUT2D eigenvalue weighted by atomic mass is 9.76. The molecule has 1 saturated carbocycles. The largest absolute Gasteiger partial charge is 0.349 e. The van der Waals surface area contributed by atoms with Gasteiger partial charge < -0.3 is 10.6 Å². The maximum absolute atomic E-state index is 12.4. The van der Waals surface area contributed by atoms with Gasteiger partial charge in [-0.05, 0) is 73.7 Å². The van der Waals surface area contributed by atoms with Gasteiger partial charge >= 0.3 is 0 Å². The van der Waals surface area contributed by atoms with Crippen molar-refractivity contribution in [2.45, 2.75) is 43.7 Å². The molecule has 0 bridgehead atoms. The molecule has 0 aromatic heterocycles. The summed E-state index contributed by atoms with van der Waals surface area (Å²) < 4.78 is 0. The monoisotopic (exact) mass is 388 g/mol. The van der Waals surface area contributed by atoms with Gasteiger partial charge in [-0.25, -0.2) is 0 Å². The lowest BCUT2D eigenvalue weighted by Crippen LogP contribution is -2.28. The molecule has 4 rings (SSSR count). The van der Waals surface area contributed by atoms with Crippen LogP contribution in [-0.4, -0.2) is 19.0 Å². The summed E-state index contributed by atoms with van der Waals surface area (Å²) in [6, 6.07) is 12.6. The zero-order valence-corrected chi connectivity index (χ0v) is 16.2. The Bertz CT molecular complexity index is 848. The second-order valence-electron chi connectivity index (χ2n) is 7.24. The van der Waals surface area contributed by atoms with Gasteiger partial charge in [-0.15, -0.1) is 0 Å². The van der Waals surface area contributed by atoms with Gasteiger partial charge in [0.2, 0.25) is 0 Å². The summed E-state index contributed by atoms with van der Waals surface area (Å²) in [5.74, 6) is 0.298. The molecule has 0 aliphatic heterocycles. The first-order valence-electron chi connectivity index (χ1n) is 9.13. The van der Waals surface area contributed by atoms with E-state index in [1.165, 1.54) is 16.7 Å². The molecule has 136 valence electrons. The molecule has 2 aliphatic rings. The van der Waals surface area contributed by atoms with Crippen molar-refractivity contribution in [3.63, 3.8) is 0 Å². The predicted molar refractivity (Wildman–Crippen MR) is 106 cm³/mol. The van der Waals surface area contributed by atoms with Crippen LogP contribution in [0.5, 0.6) is 0 Å². The number of carbonyl (C=O) groups is 1. The predicted octanol–water partition coefficient (Wildman–Crippen LogP) is 5.07. The summed E-state index contributed by atoms with van der Waals surface area (Å²) in [6.45, 7) is 0. The van der Waals surface area contributed by atoms with E-state index < -0.39 is 0 Å². The van der Waals surface area contributed by atoms with Crippen LogP contribution < -0.4 is 10.6 Å². The average molecular weight is 389 g/mol. The van der Waals surface area contributed by atoms with E-state index in [4.69, 9.17) is 23.2 Å². The van der Waals surface area contributed by atoms with Gasteiger partial charge in [-0.3, -0.25) is 4.79 Å². The molecule has 1 amide bonds. The van der Waals surface area contributed by atoms with Crippen LogP contribution in [0.1, 0.15) is 64.7 Å². The maximum atomic E-state index is 12.4. The molecular weight excluding hydrogens is 367 g/mol. The second-order valence-corrected chi connectivity index (χ2v) is 8.05. The van der Waals surface area contributed by atoms with Gasteiger partial charge in [-0.2, -0.15) is 0 Å². The fourth-order valence-electron chi connectivity index (χ4n) is 3.85. The summed E-state index contributed by atoms with van der Waals surface area (Å²) in [6.07, 6.45) is 4.23. The van der Waals surface area contributed by atoms with E-state index in [2.05, 4.69) is 28.8 Å². The number of nitrogens with one attached hydrogen (secondary N) is 2. The van der Waals surface area contributed by atoms with E-state index in [-0.39, 0.29) is 17.9 Å². The second kappa shape index (κ2) is 7.22. The summed E-state index contributed by atoms with van der Waals surface area (Å²) in [7, 11) is 1.98. The van der Waals surface area contributed by atoms with Crippen molar-refractivity contribution in [1.82, 2.24) is 10.6 Å². The van der Waals surface area contributed by atoms with Gasteiger partial charge in [-0.1, -0.05) is 35.3 Å². The fourth-order valence-corrected chi connectivity index (χ4v) is 4.16. The van der Waals surface area contributed by atoms with Gasteiger partial charge in [0.15, 0.2) is 0 Å². The molecule has 1 fully saturated rings. The molecule has 2 aromatic rings. The SMILES string of the molecule is CN[C@H]1CC[C@@H](c2ccc(Cl)c(Cl)c2)c2ccc(C(=O)NC3CC3)cc21. The molecule has 0 saturated heterocycles. The van der Waals surface area contributed by atoms with Crippen molar-refractivity contribution in [2.24, 2.45) is 0 Å². The molecule has 0 spiro atoms. The molecule has 3 nitrogen and oxygen atoms in total. The van der Waals surface area contributed by atoms with Crippen molar-refractivity contribution in [3.05, 3.63) is 68.7 Å². The van der Waals surface area contributed by atoms with Crippen LogP contribution in [0.4, 0.5) is 0 Å². The van der Waals surface area contributed by atoms with Crippen LogP contribution in [-0.2, 0) is 0 Å². The summed E-state index contributed by atoms with van der Waals surface area (Å²) >= 11 is 12.3. The first kappa shape index (κ1) is 17.8. The first-order chi connectivity index (χ1) is 12.6. The molecule has 0 heterocycles. The normalized spacial score (nSPS) is 22.0. The third-order valence-electron chi connectivity index (χ3n) is 5.45. The van der Waals surface area contributed by atoms with E-state index in [0.29, 0.717) is 16.1 Å². The zero-order valence-electron chi connectivity index (χ0n) is 14.7. The fraction of sp³-hybridized carbons (Fsp3) is 0.381.